The van der Waals surface area contributed by atoms with E-state index < -0.39 is 0 Å². The summed E-state index contributed by atoms with van der Waals surface area (Å²) in [6, 6.07) is 6.65. The van der Waals surface area contributed by atoms with Crippen molar-refractivity contribution in [3.05, 3.63) is 28.5 Å². The van der Waals surface area contributed by atoms with Crippen LogP contribution in [0.4, 0.5) is 0 Å². The number of methoxy groups -OCH3 is 1. The first kappa shape index (κ1) is 13.4. The fourth-order valence-corrected chi connectivity index (χ4v) is 3.20. The zero-order chi connectivity index (χ0) is 13.6. The molecule has 0 amide bonds. The number of hydrogen-bond acceptors (Lipinski definition) is 2. The van der Waals surface area contributed by atoms with E-state index in [1.807, 2.05) is 13.0 Å². The highest BCUT2D eigenvalue weighted by atomic mass is 79.9. The summed E-state index contributed by atoms with van der Waals surface area (Å²) in [4.78, 5) is 4.69. The minimum atomic E-state index is -0.0900. The Morgan fingerprint density at radius 3 is 2.84 bits per heavy atom. The van der Waals surface area contributed by atoms with Gasteiger partial charge < -0.3 is 9.30 Å². The van der Waals surface area contributed by atoms with Crippen LogP contribution in [0.2, 0.25) is 0 Å². The maximum atomic E-state index is 6.29. The van der Waals surface area contributed by atoms with Crippen LogP contribution in [-0.4, -0.2) is 22.8 Å². The normalized spacial score (nSPS) is 24.4. The average molecular weight is 344 g/mol. The SMILES string of the molecule is COC1CC(n2c(C(C)Cl)nc3cc(Br)ccc32)C1. The van der Waals surface area contributed by atoms with E-state index >= 15 is 0 Å². The van der Waals surface area contributed by atoms with E-state index in [-0.39, 0.29) is 5.38 Å². The fraction of sp³-hybridized carbons (Fsp3) is 0.500. The molecule has 0 bridgehead atoms. The number of imidazole rings is 1. The van der Waals surface area contributed by atoms with Gasteiger partial charge in [0, 0.05) is 17.6 Å². The third-order valence-electron chi connectivity index (χ3n) is 3.80. The molecule has 0 N–H and O–H groups in total. The third-order valence-corrected chi connectivity index (χ3v) is 4.49. The molecule has 1 aliphatic rings. The average Bonchev–Trinajstić information content (AvgIpc) is 2.66. The smallest absolute Gasteiger partial charge is 0.127 e. The summed E-state index contributed by atoms with van der Waals surface area (Å²) in [6.45, 7) is 1.97. The summed E-state index contributed by atoms with van der Waals surface area (Å²) in [7, 11) is 1.77. The van der Waals surface area contributed by atoms with Crippen LogP contribution >= 0.6 is 27.5 Å². The van der Waals surface area contributed by atoms with Crippen LogP contribution < -0.4 is 0 Å². The van der Waals surface area contributed by atoms with Crippen LogP contribution in [0, 0.1) is 0 Å². The minimum Gasteiger partial charge on any atom is -0.381 e. The Morgan fingerprint density at radius 1 is 1.47 bits per heavy atom. The van der Waals surface area contributed by atoms with Crippen LogP contribution in [0.25, 0.3) is 11.0 Å². The summed E-state index contributed by atoms with van der Waals surface area (Å²) in [5, 5.41) is -0.0900. The number of aromatic nitrogens is 2. The van der Waals surface area contributed by atoms with E-state index in [0.717, 1.165) is 34.2 Å². The number of rotatable bonds is 3. The number of nitrogens with zero attached hydrogens (tertiary/aromatic N) is 2. The van der Waals surface area contributed by atoms with Crippen molar-refractivity contribution in [3.63, 3.8) is 0 Å². The van der Waals surface area contributed by atoms with Crippen LogP contribution in [0.3, 0.4) is 0 Å². The van der Waals surface area contributed by atoms with E-state index in [1.54, 1.807) is 7.11 Å². The maximum absolute atomic E-state index is 6.29. The van der Waals surface area contributed by atoms with Crippen molar-refractivity contribution < 1.29 is 4.74 Å². The zero-order valence-electron chi connectivity index (χ0n) is 10.9. The summed E-state index contributed by atoms with van der Waals surface area (Å²) in [6.07, 6.45) is 2.44. The molecule has 2 aromatic rings. The molecule has 1 aromatic heterocycles. The monoisotopic (exact) mass is 342 g/mol. The number of alkyl halides is 1. The van der Waals surface area contributed by atoms with Crippen molar-refractivity contribution >= 4 is 38.6 Å². The first-order valence-electron chi connectivity index (χ1n) is 6.44. The Balaban J connectivity index is 2.07. The van der Waals surface area contributed by atoms with Crippen molar-refractivity contribution in [3.8, 4) is 0 Å². The molecule has 1 aliphatic carbocycles. The van der Waals surface area contributed by atoms with Crippen LogP contribution in [0.15, 0.2) is 22.7 Å². The summed E-state index contributed by atoms with van der Waals surface area (Å²) in [5.74, 6) is 0.953. The molecule has 0 spiro atoms. The lowest BCUT2D eigenvalue weighted by Crippen LogP contribution is -2.33. The van der Waals surface area contributed by atoms with E-state index in [1.165, 1.54) is 0 Å². The van der Waals surface area contributed by atoms with Crippen molar-refractivity contribution in [2.75, 3.05) is 7.11 Å². The number of ether oxygens (including phenoxy) is 1. The second-order valence-electron chi connectivity index (χ2n) is 5.07. The van der Waals surface area contributed by atoms with Crippen molar-refractivity contribution in [2.45, 2.75) is 37.3 Å². The number of halogens is 2. The standard InChI is InChI=1S/C14H16BrClN2O/c1-8(16)14-17-12-5-9(15)3-4-13(12)18(14)10-6-11(7-10)19-2/h3-5,8,10-11H,6-7H2,1-2H3. The molecular formula is C14H16BrClN2O. The topological polar surface area (TPSA) is 27.1 Å². The third kappa shape index (κ3) is 2.30. The van der Waals surface area contributed by atoms with Gasteiger partial charge in [-0.25, -0.2) is 4.98 Å². The largest absolute Gasteiger partial charge is 0.381 e. The second-order valence-corrected chi connectivity index (χ2v) is 6.64. The Morgan fingerprint density at radius 2 is 2.21 bits per heavy atom. The van der Waals surface area contributed by atoms with E-state index in [9.17, 15) is 0 Å². The highest BCUT2D eigenvalue weighted by molar-refractivity contribution is 9.10. The van der Waals surface area contributed by atoms with Crippen molar-refractivity contribution in [2.24, 2.45) is 0 Å². The lowest BCUT2D eigenvalue weighted by molar-refractivity contribution is 0.00658. The van der Waals surface area contributed by atoms with Crippen molar-refractivity contribution in [1.29, 1.82) is 0 Å². The van der Waals surface area contributed by atoms with Gasteiger partial charge in [-0.05, 0) is 38.0 Å². The Kier molecular flexibility index (Phi) is 3.58. The molecular weight excluding hydrogens is 328 g/mol. The van der Waals surface area contributed by atoms with Gasteiger partial charge in [0.2, 0.25) is 0 Å². The van der Waals surface area contributed by atoms with Gasteiger partial charge in [-0.3, -0.25) is 0 Å². The van der Waals surface area contributed by atoms with Crippen LogP contribution in [-0.2, 0) is 4.74 Å². The van der Waals surface area contributed by atoms with Gasteiger partial charge in [0.25, 0.3) is 0 Å². The maximum Gasteiger partial charge on any atom is 0.127 e. The van der Waals surface area contributed by atoms with E-state index in [2.05, 4.69) is 37.6 Å². The van der Waals surface area contributed by atoms with Gasteiger partial charge in [-0.1, -0.05) is 15.9 Å². The van der Waals surface area contributed by atoms with Gasteiger partial charge in [0.15, 0.2) is 0 Å². The Bertz CT molecular complexity index is 605. The molecule has 19 heavy (non-hydrogen) atoms. The van der Waals surface area contributed by atoms with Gasteiger partial charge in [0.1, 0.15) is 5.82 Å². The minimum absolute atomic E-state index is 0.0900. The molecule has 3 rings (SSSR count). The summed E-state index contributed by atoms with van der Waals surface area (Å²) in [5.41, 5.74) is 2.16. The fourth-order valence-electron chi connectivity index (χ4n) is 2.70. The first-order chi connectivity index (χ1) is 9.10. The number of fused-ring (bicyclic) bond motifs is 1. The Hall–Kier alpha value is -0.580. The van der Waals surface area contributed by atoms with Gasteiger partial charge in [0.05, 0.1) is 22.5 Å². The van der Waals surface area contributed by atoms with E-state index in [0.29, 0.717) is 12.1 Å². The van der Waals surface area contributed by atoms with Gasteiger partial charge in [-0.2, -0.15) is 0 Å². The molecule has 1 heterocycles. The first-order valence-corrected chi connectivity index (χ1v) is 7.67. The zero-order valence-corrected chi connectivity index (χ0v) is 13.3. The molecule has 0 aliphatic heterocycles. The lowest BCUT2D eigenvalue weighted by Gasteiger charge is -2.36. The quantitative estimate of drug-likeness (QED) is 0.770. The molecule has 5 heteroatoms. The predicted octanol–water partition coefficient (Wildman–Crippen LogP) is 4.45. The van der Waals surface area contributed by atoms with Gasteiger partial charge in [-0.15, -0.1) is 11.6 Å². The van der Waals surface area contributed by atoms with Gasteiger partial charge >= 0.3 is 0 Å². The number of hydrogen-bond donors (Lipinski definition) is 0. The van der Waals surface area contributed by atoms with Crippen molar-refractivity contribution in [1.82, 2.24) is 9.55 Å². The molecule has 0 radical (unpaired) electrons. The Labute approximate surface area is 126 Å². The summed E-state index contributed by atoms with van der Waals surface area (Å²) < 4.78 is 8.70. The molecule has 1 atom stereocenters. The molecule has 1 fully saturated rings. The second kappa shape index (κ2) is 5.08. The molecule has 102 valence electrons. The molecule has 1 saturated carbocycles. The predicted molar refractivity (Wildman–Crippen MR) is 80.8 cm³/mol. The molecule has 1 unspecified atom stereocenters. The number of benzene rings is 1. The summed E-state index contributed by atoms with van der Waals surface area (Å²) >= 11 is 9.78. The van der Waals surface area contributed by atoms with Crippen LogP contribution in [0.1, 0.15) is 37.0 Å². The highest BCUT2D eigenvalue weighted by Crippen LogP contribution is 2.39. The molecule has 0 saturated heterocycles. The lowest BCUT2D eigenvalue weighted by atomic mass is 9.88. The van der Waals surface area contributed by atoms with E-state index in [4.69, 9.17) is 16.3 Å². The highest BCUT2D eigenvalue weighted by Gasteiger charge is 2.33. The van der Waals surface area contributed by atoms with Crippen LogP contribution in [0.5, 0.6) is 0 Å². The molecule has 1 aromatic carbocycles. The molecule has 3 nitrogen and oxygen atoms in total.